The van der Waals surface area contributed by atoms with E-state index in [1.165, 1.54) is 19.9 Å². The van der Waals surface area contributed by atoms with Gasteiger partial charge in [0, 0.05) is 45.4 Å². The quantitative estimate of drug-likeness (QED) is 0.0425. The van der Waals surface area contributed by atoms with Crippen molar-refractivity contribution in [2.75, 3.05) is 66.2 Å². The number of allylic oxidation sites excluding steroid dienone is 2. The number of carbonyl (C=O) groups is 8. The smallest absolute Gasteiger partial charge is 0.243 e. The van der Waals surface area contributed by atoms with Gasteiger partial charge in [-0.2, -0.15) is 0 Å². The Bertz CT molecular complexity index is 2750. The SMILES string of the molecule is COc1ccc(CC(NC(=O)C(C)NC(=O)CN2CCC(O)CC2)C(=O)NC(CC2=CCCC2)C(=O)C2(CC3CN(CC(=O)NC(C)C(=O)NC(Cc4ccc(C)c(O)c4)C(=O)NC(CC4=CCCC4)C(=O)C4(C)CO4)CCO3)CO2)cc1. The number of phenols is 1. The molecule has 0 bridgehead atoms. The van der Waals surface area contributed by atoms with Crippen LogP contribution < -0.4 is 36.6 Å². The zero-order chi connectivity index (χ0) is 59.4. The maximum Gasteiger partial charge on any atom is 0.243 e. The molecule has 4 fully saturated rings. The van der Waals surface area contributed by atoms with Crippen LogP contribution in [-0.2, 0) is 65.4 Å². The molecule has 22 heteroatoms. The van der Waals surface area contributed by atoms with Crippen molar-refractivity contribution in [2.24, 2.45) is 0 Å². The highest BCUT2D eigenvalue weighted by atomic mass is 16.6. The molecule has 83 heavy (non-hydrogen) atoms. The standard InChI is InChI=1S/C61H84N8O14/c1-37-14-15-43(30-51(37)71)29-50(59(79)64-47(26-40-10-6-7-11-40)54(74)60(4)35-82-60)67-57(77)39(3)63-53(73)34-69-24-25-81-46(32-69)31-61(36-83-61)55(75)48(27-41-12-8-9-13-41)65-58(78)49(28-42-16-18-45(80-5)19-17-42)66-56(76)38(2)62-52(72)33-68-22-20-44(70)21-23-68/h10,12,14-19,30,38-39,44,46-50,70-71H,6-9,11,13,20-29,31-36H2,1-5H3,(H,62,72)(H,63,73)(H,64,79)(H,65,78)(H,66,76)(H,67,77). The Balaban J connectivity index is 0.880. The Morgan fingerprint density at radius 3 is 1.69 bits per heavy atom. The molecular formula is C61H84N8O14. The van der Waals surface area contributed by atoms with Crippen LogP contribution in [0.3, 0.4) is 0 Å². The zero-order valence-electron chi connectivity index (χ0n) is 48.6. The van der Waals surface area contributed by atoms with Gasteiger partial charge in [0.1, 0.15) is 41.3 Å². The molecule has 22 nitrogen and oxygen atoms in total. The number of aromatic hydroxyl groups is 1. The number of piperidine rings is 1. The van der Waals surface area contributed by atoms with E-state index in [9.17, 15) is 48.6 Å². The molecule has 9 unspecified atom stereocenters. The lowest BCUT2D eigenvalue weighted by atomic mass is 9.88. The molecule has 0 spiro atoms. The first kappa shape index (κ1) is 62.5. The van der Waals surface area contributed by atoms with Crippen LogP contribution in [0.2, 0.25) is 0 Å². The molecule has 2 aromatic carbocycles. The van der Waals surface area contributed by atoms with E-state index in [0.29, 0.717) is 61.3 Å². The number of likely N-dealkylation sites (tertiary alicyclic amines) is 1. The van der Waals surface area contributed by atoms with Gasteiger partial charge in [-0.05, 0) is 127 Å². The minimum atomic E-state index is -1.30. The molecule has 4 saturated heterocycles. The van der Waals surface area contributed by atoms with Gasteiger partial charge in [0.25, 0.3) is 0 Å². The Morgan fingerprint density at radius 2 is 1.18 bits per heavy atom. The number of rotatable bonds is 29. The second-order valence-corrected chi connectivity index (χ2v) is 23.6. The number of benzene rings is 2. The van der Waals surface area contributed by atoms with Crippen molar-refractivity contribution < 1.29 is 67.5 Å². The van der Waals surface area contributed by atoms with Gasteiger partial charge >= 0.3 is 0 Å². The largest absolute Gasteiger partial charge is 0.508 e. The second-order valence-electron chi connectivity index (χ2n) is 23.6. The van der Waals surface area contributed by atoms with Crippen LogP contribution in [0, 0.1) is 6.92 Å². The van der Waals surface area contributed by atoms with E-state index in [4.69, 9.17) is 18.9 Å². The molecule has 0 aromatic heterocycles. The van der Waals surface area contributed by atoms with Crippen molar-refractivity contribution >= 4 is 47.0 Å². The Labute approximate surface area is 485 Å². The predicted octanol–water partition coefficient (Wildman–Crippen LogP) is 1.69. The van der Waals surface area contributed by atoms with Gasteiger partial charge in [-0.25, -0.2) is 0 Å². The Morgan fingerprint density at radius 1 is 0.663 bits per heavy atom. The van der Waals surface area contributed by atoms with Gasteiger partial charge in [-0.3, -0.25) is 48.2 Å². The monoisotopic (exact) mass is 1150 g/mol. The third kappa shape index (κ3) is 17.7. The summed E-state index contributed by atoms with van der Waals surface area (Å²) < 4.78 is 23.0. The highest BCUT2D eigenvalue weighted by Crippen LogP contribution is 2.38. The number of aliphatic hydroxyl groups is 1. The lowest BCUT2D eigenvalue weighted by Gasteiger charge is -2.34. The number of ketones is 2. The van der Waals surface area contributed by atoms with Crippen LogP contribution in [0.1, 0.15) is 108 Å². The molecule has 2 aliphatic carbocycles. The topological polar surface area (TPSA) is 299 Å². The normalized spacial score (nSPS) is 23.9. The number of Topliss-reactive ketones (excluding diaryl/α,β-unsaturated/α-hetero) is 2. The minimum Gasteiger partial charge on any atom is -0.508 e. The molecule has 6 aliphatic rings. The van der Waals surface area contributed by atoms with Crippen LogP contribution in [-0.4, -0.2) is 193 Å². The number of aliphatic hydroxyl groups excluding tert-OH is 1. The van der Waals surface area contributed by atoms with Crippen molar-refractivity contribution in [3.05, 3.63) is 82.5 Å². The third-order valence-corrected chi connectivity index (χ3v) is 16.7. The number of phenolic OH excluding ortho intramolecular Hbond substituents is 1. The second kappa shape index (κ2) is 28.3. The first-order chi connectivity index (χ1) is 39.7. The van der Waals surface area contributed by atoms with E-state index in [0.717, 1.165) is 49.7 Å². The van der Waals surface area contributed by atoms with Crippen molar-refractivity contribution in [1.82, 2.24) is 41.7 Å². The predicted molar refractivity (Wildman–Crippen MR) is 305 cm³/mol. The summed E-state index contributed by atoms with van der Waals surface area (Å²) in [6.07, 6.45) is 10.2. The maximum atomic E-state index is 14.8. The van der Waals surface area contributed by atoms with Crippen molar-refractivity contribution in [1.29, 1.82) is 0 Å². The van der Waals surface area contributed by atoms with Gasteiger partial charge in [0.05, 0.1) is 64.3 Å². The lowest BCUT2D eigenvalue weighted by molar-refractivity contribution is -0.135. The Hall–Kier alpha value is -6.56. The lowest BCUT2D eigenvalue weighted by Crippen LogP contribution is -2.58. The number of nitrogens with zero attached hydrogens (tertiary/aromatic N) is 2. The summed E-state index contributed by atoms with van der Waals surface area (Å²) >= 11 is 0. The number of amides is 6. The summed E-state index contributed by atoms with van der Waals surface area (Å²) in [5.74, 6) is -3.25. The van der Waals surface area contributed by atoms with E-state index >= 15 is 0 Å². The fourth-order valence-electron chi connectivity index (χ4n) is 11.3. The summed E-state index contributed by atoms with van der Waals surface area (Å²) in [7, 11) is 1.54. The summed E-state index contributed by atoms with van der Waals surface area (Å²) in [4.78, 5) is 115. The molecule has 8 rings (SSSR count). The highest BCUT2D eigenvalue weighted by Gasteiger charge is 2.56. The van der Waals surface area contributed by atoms with Crippen molar-refractivity contribution in [2.45, 2.75) is 171 Å². The first-order valence-electron chi connectivity index (χ1n) is 29.4. The molecular weight excluding hydrogens is 1070 g/mol. The van der Waals surface area contributed by atoms with Crippen LogP contribution in [0.5, 0.6) is 11.5 Å². The van der Waals surface area contributed by atoms with Gasteiger partial charge in [-0.1, -0.05) is 47.6 Å². The van der Waals surface area contributed by atoms with Gasteiger partial charge in [0.2, 0.25) is 35.4 Å². The molecule has 0 saturated carbocycles. The number of aryl methyl sites for hydroxylation is 1. The number of carbonyl (C=O) groups excluding carboxylic acids is 8. The highest BCUT2D eigenvalue weighted by molar-refractivity contribution is 6.00. The van der Waals surface area contributed by atoms with E-state index < -0.39 is 89.2 Å². The van der Waals surface area contributed by atoms with Crippen LogP contribution in [0.25, 0.3) is 0 Å². The molecule has 452 valence electrons. The third-order valence-electron chi connectivity index (χ3n) is 16.7. The van der Waals surface area contributed by atoms with Crippen molar-refractivity contribution in [3.63, 3.8) is 0 Å². The molecule has 4 aliphatic heterocycles. The Kier molecular flexibility index (Phi) is 21.3. The maximum absolute atomic E-state index is 14.8. The fraction of sp³-hybridized carbons (Fsp3) is 0.607. The summed E-state index contributed by atoms with van der Waals surface area (Å²) in [6.45, 7) is 8.69. The number of hydrogen-bond donors (Lipinski definition) is 8. The van der Waals surface area contributed by atoms with Crippen molar-refractivity contribution in [3.8, 4) is 11.5 Å². The summed E-state index contributed by atoms with van der Waals surface area (Å²) in [5.41, 5.74) is 1.68. The molecule has 8 N–H and O–H groups in total. The number of methoxy groups -OCH3 is 1. The van der Waals surface area contributed by atoms with E-state index in [-0.39, 0.29) is 88.4 Å². The average molecular weight is 1150 g/mol. The van der Waals surface area contributed by atoms with Gasteiger partial charge in [-0.15, -0.1) is 0 Å². The van der Waals surface area contributed by atoms with Crippen LogP contribution >= 0.6 is 0 Å². The minimum absolute atomic E-state index is 0.0179. The zero-order valence-corrected chi connectivity index (χ0v) is 48.6. The molecule has 6 amide bonds. The van der Waals surface area contributed by atoms with E-state index in [2.05, 4.69) is 44.1 Å². The number of ether oxygens (including phenoxy) is 4. The number of epoxide rings is 2. The van der Waals surface area contributed by atoms with E-state index in [1.54, 1.807) is 57.4 Å². The number of morpholine rings is 1. The molecule has 4 heterocycles. The van der Waals surface area contributed by atoms with Gasteiger partial charge in [0.15, 0.2) is 17.2 Å². The average Bonchev–Trinajstić information content (AvgIpc) is 4.46. The molecule has 9 atom stereocenters. The van der Waals surface area contributed by atoms with Crippen LogP contribution in [0.15, 0.2) is 65.8 Å². The van der Waals surface area contributed by atoms with Gasteiger partial charge < -0.3 is 61.1 Å². The van der Waals surface area contributed by atoms with Crippen LogP contribution in [0.4, 0.5) is 0 Å². The fourth-order valence-corrected chi connectivity index (χ4v) is 11.3. The number of hydrogen-bond acceptors (Lipinski definition) is 16. The number of nitrogens with one attached hydrogen (secondary N) is 6. The summed E-state index contributed by atoms with van der Waals surface area (Å²) in [5, 5.41) is 37.4. The summed E-state index contributed by atoms with van der Waals surface area (Å²) in [6, 6.07) is 5.67. The molecule has 0 radical (unpaired) electrons. The molecule has 2 aromatic rings. The first-order valence-corrected chi connectivity index (χ1v) is 29.4. The van der Waals surface area contributed by atoms with E-state index in [1.807, 2.05) is 9.80 Å².